The Morgan fingerprint density at radius 1 is 1.03 bits per heavy atom. The van der Waals surface area contributed by atoms with Crippen molar-refractivity contribution in [1.29, 1.82) is 0 Å². The van der Waals surface area contributed by atoms with Crippen molar-refractivity contribution in [2.24, 2.45) is 0 Å². The van der Waals surface area contributed by atoms with Crippen LogP contribution in [0.3, 0.4) is 0 Å². The van der Waals surface area contributed by atoms with E-state index < -0.39 is 0 Å². The molecule has 7 nitrogen and oxygen atoms in total. The molecular formula is C24H21FN6O. The number of aromatic nitrogens is 5. The first-order valence-electron chi connectivity index (χ1n) is 10.6. The maximum atomic E-state index is 13.7. The van der Waals surface area contributed by atoms with Gasteiger partial charge in [0, 0.05) is 35.8 Å². The lowest BCUT2D eigenvalue weighted by molar-refractivity contribution is 0.122. The molecule has 1 N–H and O–H groups in total. The molecule has 0 amide bonds. The molecule has 0 radical (unpaired) electrons. The smallest absolute Gasteiger partial charge is 0.228 e. The Kier molecular flexibility index (Phi) is 4.57. The van der Waals surface area contributed by atoms with Gasteiger partial charge in [-0.15, -0.1) is 0 Å². The number of imidazole rings is 1. The highest BCUT2D eigenvalue weighted by atomic mass is 19.1. The molecule has 32 heavy (non-hydrogen) atoms. The minimum Gasteiger partial charge on any atom is -0.378 e. The first-order chi connectivity index (χ1) is 15.7. The van der Waals surface area contributed by atoms with Crippen molar-refractivity contribution in [2.75, 3.05) is 31.2 Å². The van der Waals surface area contributed by atoms with E-state index in [1.165, 1.54) is 12.1 Å². The number of hydrogen-bond donors (Lipinski definition) is 1. The van der Waals surface area contributed by atoms with Crippen LogP contribution in [0.2, 0.25) is 0 Å². The molecule has 1 fully saturated rings. The number of nitrogens with zero attached hydrogens (tertiary/aromatic N) is 5. The molecule has 2 aromatic carbocycles. The van der Waals surface area contributed by atoms with E-state index in [2.05, 4.69) is 33.1 Å². The second-order valence-electron chi connectivity index (χ2n) is 7.93. The summed E-state index contributed by atoms with van der Waals surface area (Å²) in [6.45, 7) is 3.24. The van der Waals surface area contributed by atoms with Crippen LogP contribution in [0.5, 0.6) is 0 Å². The number of morpholine rings is 1. The van der Waals surface area contributed by atoms with E-state index in [1.54, 1.807) is 12.4 Å². The number of ether oxygens (including phenoxy) is 1. The Balaban J connectivity index is 1.51. The summed E-state index contributed by atoms with van der Waals surface area (Å²) in [5, 5.41) is 1.11. The summed E-state index contributed by atoms with van der Waals surface area (Å²) in [5.41, 5.74) is 5.16. The van der Waals surface area contributed by atoms with Crippen LogP contribution in [0.1, 0.15) is 5.56 Å². The van der Waals surface area contributed by atoms with Crippen molar-refractivity contribution in [3.63, 3.8) is 0 Å². The lowest BCUT2D eigenvalue weighted by Crippen LogP contribution is -2.37. The summed E-state index contributed by atoms with van der Waals surface area (Å²) in [6, 6.07) is 14.9. The van der Waals surface area contributed by atoms with Gasteiger partial charge in [0.25, 0.3) is 0 Å². The lowest BCUT2D eigenvalue weighted by atomic mass is 10.1. The molecule has 3 aromatic heterocycles. The van der Waals surface area contributed by atoms with E-state index in [9.17, 15) is 4.39 Å². The maximum absolute atomic E-state index is 13.7. The van der Waals surface area contributed by atoms with Gasteiger partial charge in [-0.25, -0.2) is 14.4 Å². The van der Waals surface area contributed by atoms with Crippen LogP contribution in [0.15, 0.2) is 61.1 Å². The first-order valence-corrected chi connectivity index (χ1v) is 10.6. The van der Waals surface area contributed by atoms with Gasteiger partial charge in [-0.2, -0.15) is 4.98 Å². The average Bonchev–Trinajstić information content (AvgIpc) is 3.46. The molecule has 1 aliphatic rings. The number of nitrogens with one attached hydrogen (secondary N) is 1. The average molecular weight is 428 g/mol. The molecule has 5 aromatic rings. The number of fused-ring (bicyclic) bond motifs is 2. The second kappa shape index (κ2) is 7.72. The Morgan fingerprint density at radius 3 is 2.81 bits per heavy atom. The van der Waals surface area contributed by atoms with Crippen molar-refractivity contribution in [3.8, 4) is 11.3 Å². The van der Waals surface area contributed by atoms with Gasteiger partial charge in [-0.1, -0.05) is 18.2 Å². The van der Waals surface area contributed by atoms with Gasteiger partial charge in [0.2, 0.25) is 5.95 Å². The van der Waals surface area contributed by atoms with Gasteiger partial charge in [-0.3, -0.25) is 0 Å². The molecule has 0 aliphatic carbocycles. The van der Waals surface area contributed by atoms with Crippen LogP contribution in [0.25, 0.3) is 33.3 Å². The Labute approximate surface area is 183 Å². The fourth-order valence-corrected chi connectivity index (χ4v) is 4.19. The van der Waals surface area contributed by atoms with Crippen LogP contribution >= 0.6 is 0 Å². The summed E-state index contributed by atoms with van der Waals surface area (Å²) in [5.74, 6) is 0.405. The molecule has 4 heterocycles. The van der Waals surface area contributed by atoms with Crippen molar-refractivity contribution in [2.45, 2.75) is 6.54 Å². The highest BCUT2D eigenvalue weighted by Crippen LogP contribution is 2.30. The summed E-state index contributed by atoms with van der Waals surface area (Å²) < 4.78 is 21.2. The Bertz CT molecular complexity index is 1420. The minimum absolute atomic E-state index is 0.254. The SMILES string of the molecule is Fc1cccc(Cn2cnc3c(-c4ccc5[nH]ccc5c4)nc(N4CCOCC4)nc32)c1. The number of halogens is 1. The Hall–Kier alpha value is -3.78. The quantitative estimate of drug-likeness (QED) is 0.469. The highest BCUT2D eigenvalue weighted by Gasteiger charge is 2.20. The zero-order chi connectivity index (χ0) is 21.5. The third-order valence-corrected chi connectivity index (χ3v) is 5.81. The maximum Gasteiger partial charge on any atom is 0.228 e. The monoisotopic (exact) mass is 428 g/mol. The second-order valence-corrected chi connectivity index (χ2v) is 7.93. The van der Waals surface area contributed by atoms with Crippen molar-refractivity contribution in [3.05, 3.63) is 72.4 Å². The summed E-state index contributed by atoms with van der Waals surface area (Å²) in [4.78, 5) is 19.8. The highest BCUT2D eigenvalue weighted by molar-refractivity contribution is 5.92. The molecule has 1 saturated heterocycles. The third kappa shape index (κ3) is 3.38. The first kappa shape index (κ1) is 18.9. The van der Waals surface area contributed by atoms with E-state index in [1.807, 2.05) is 22.9 Å². The summed E-state index contributed by atoms with van der Waals surface area (Å²) in [7, 11) is 0. The molecular weight excluding hydrogens is 407 g/mol. The molecule has 0 spiro atoms. The van der Waals surface area contributed by atoms with Gasteiger partial charge in [0.1, 0.15) is 17.0 Å². The zero-order valence-corrected chi connectivity index (χ0v) is 17.3. The van der Waals surface area contributed by atoms with E-state index in [-0.39, 0.29) is 5.82 Å². The molecule has 6 rings (SSSR count). The van der Waals surface area contributed by atoms with Crippen molar-refractivity contribution >= 4 is 28.0 Å². The van der Waals surface area contributed by atoms with Crippen molar-refractivity contribution < 1.29 is 9.13 Å². The van der Waals surface area contributed by atoms with E-state index in [0.29, 0.717) is 25.7 Å². The number of rotatable bonds is 4. The van der Waals surface area contributed by atoms with Crippen LogP contribution in [-0.4, -0.2) is 50.8 Å². The number of H-pyrrole nitrogens is 1. The van der Waals surface area contributed by atoms with E-state index >= 15 is 0 Å². The van der Waals surface area contributed by atoms with Gasteiger partial charge in [-0.05, 0) is 35.9 Å². The topological polar surface area (TPSA) is 71.9 Å². The number of benzene rings is 2. The molecule has 0 unspecified atom stereocenters. The van der Waals surface area contributed by atoms with Gasteiger partial charge in [0.05, 0.1) is 26.1 Å². The predicted molar refractivity (Wildman–Crippen MR) is 121 cm³/mol. The largest absolute Gasteiger partial charge is 0.378 e. The van der Waals surface area contributed by atoms with Crippen LogP contribution < -0.4 is 4.90 Å². The zero-order valence-electron chi connectivity index (χ0n) is 17.3. The van der Waals surface area contributed by atoms with Gasteiger partial charge in [0.15, 0.2) is 5.65 Å². The molecule has 8 heteroatoms. The number of aromatic amines is 1. The van der Waals surface area contributed by atoms with Gasteiger partial charge >= 0.3 is 0 Å². The normalized spacial score (nSPS) is 14.5. The predicted octanol–water partition coefficient (Wildman–Crippen LogP) is 4.00. The third-order valence-electron chi connectivity index (χ3n) is 5.81. The number of anilines is 1. The van der Waals surface area contributed by atoms with Crippen molar-refractivity contribution in [1.82, 2.24) is 24.5 Å². The standard InChI is InChI=1S/C24H21FN6O/c25-19-3-1-2-16(12-19)14-31-15-27-22-21(18-4-5-20-17(13-18)6-7-26-20)28-24(29-23(22)31)30-8-10-32-11-9-30/h1-7,12-13,15,26H,8-11,14H2. The summed E-state index contributed by atoms with van der Waals surface area (Å²) in [6.07, 6.45) is 3.68. The Morgan fingerprint density at radius 2 is 1.94 bits per heavy atom. The van der Waals surface area contributed by atoms with Crippen LogP contribution in [0.4, 0.5) is 10.3 Å². The van der Waals surface area contributed by atoms with Crippen LogP contribution in [0, 0.1) is 5.82 Å². The molecule has 160 valence electrons. The molecule has 0 bridgehead atoms. The van der Waals surface area contributed by atoms with E-state index in [0.717, 1.165) is 52.0 Å². The minimum atomic E-state index is -0.254. The summed E-state index contributed by atoms with van der Waals surface area (Å²) >= 11 is 0. The molecule has 0 atom stereocenters. The molecule has 0 saturated carbocycles. The fourth-order valence-electron chi connectivity index (χ4n) is 4.19. The number of hydrogen-bond acceptors (Lipinski definition) is 5. The fraction of sp³-hybridized carbons (Fsp3) is 0.208. The van der Waals surface area contributed by atoms with Gasteiger partial charge < -0.3 is 19.2 Å². The lowest BCUT2D eigenvalue weighted by Gasteiger charge is -2.27. The van der Waals surface area contributed by atoms with Crippen LogP contribution in [-0.2, 0) is 11.3 Å². The molecule has 1 aliphatic heterocycles. The van der Waals surface area contributed by atoms with E-state index in [4.69, 9.17) is 14.7 Å².